The normalized spacial score (nSPS) is 10.9. The molecule has 1 N–H and O–H groups in total. The molecule has 0 atom stereocenters. The number of hydrogen-bond acceptors (Lipinski definition) is 6. The Bertz CT molecular complexity index is 321. The van der Waals surface area contributed by atoms with Crippen LogP contribution in [0.3, 0.4) is 0 Å². The quantitative estimate of drug-likeness (QED) is 0.705. The van der Waals surface area contributed by atoms with Gasteiger partial charge in [-0.05, 0) is 26.1 Å². The molecule has 0 saturated heterocycles. The van der Waals surface area contributed by atoms with Crippen LogP contribution in [0.1, 0.15) is 20.8 Å². The van der Waals surface area contributed by atoms with E-state index in [9.17, 15) is 13.2 Å². The van der Waals surface area contributed by atoms with Crippen LogP contribution >= 0.6 is 12.2 Å². The standard InChI is InChI=1S/C6H11NO5S2/c1-4(2)11-6(13)7-14(9,10)12-5(3)8/h4H,1-3H3,(H,7,13). The first-order valence-corrected chi connectivity index (χ1v) is 5.48. The SMILES string of the molecule is CC(=O)OS(=O)(=O)NC(=S)OC(C)C. The molecule has 0 radical (unpaired) electrons. The van der Waals surface area contributed by atoms with E-state index in [1.807, 2.05) is 0 Å². The van der Waals surface area contributed by atoms with E-state index in [1.54, 1.807) is 18.6 Å². The third-order valence-electron chi connectivity index (χ3n) is 0.778. The summed E-state index contributed by atoms with van der Waals surface area (Å²) < 4.78 is 32.3. The summed E-state index contributed by atoms with van der Waals surface area (Å²) in [6.45, 7) is 4.31. The number of rotatable bonds is 3. The topological polar surface area (TPSA) is 81.7 Å². The Morgan fingerprint density at radius 2 is 1.93 bits per heavy atom. The second-order valence-electron chi connectivity index (χ2n) is 2.59. The highest BCUT2D eigenvalue weighted by atomic mass is 32.2. The molecular weight excluding hydrogens is 230 g/mol. The maximum Gasteiger partial charge on any atom is 0.412 e. The van der Waals surface area contributed by atoms with Gasteiger partial charge in [-0.1, -0.05) is 0 Å². The molecule has 0 spiro atoms. The molecule has 8 heteroatoms. The minimum Gasteiger partial charge on any atom is -0.468 e. The van der Waals surface area contributed by atoms with Crippen LogP contribution in [0.15, 0.2) is 0 Å². The fourth-order valence-corrected chi connectivity index (χ4v) is 1.62. The van der Waals surface area contributed by atoms with Crippen molar-refractivity contribution in [3.05, 3.63) is 0 Å². The molecule has 0 aromatic carbocycles. The van der Waals surface area contributed by atoms with Gasteiger partial charge in [-0.15, -0.1) is 0 Å². The van der Waals surface area contributed by atoms with Crippen LogP contribution in [0.4, 0.5) is 0 Å². The first-order valence-electron chi connectivity index (χ1n) is 3.66. The van der Waals surface area contributed by atoms with Crippen LogP contribution in [-0.4, -0.2) is 25.7 Å². The molecule has 0 amide bonds. The highest BCUT2D eigenvalue weighted by molar-refractivity contribution is 7.88. The Kier molecular flexibility index (Phi) is 4.78. The number of hydrogen-bond donors (Lipinski definition) is 1. The van der Waals surface area contributed by atoms with Gasteiger partial charge in [0.2, 0.25) is 0 Å². The van der Waals surface area contributed by atoms with E-state index in [2.05, 4.69) is 16.4 Å². The first kappa shape index (κ1) is 13.1. The van der Waals surface area contributed by atoms with Crippen LogP contribution in [0.2, 0.25) is 0 Å². The van der Waals surface area contributed by atoms with Crippen molar-refractivity contribution in [2.75, 3.05) is 0 Å². The summed E-state index contributed by atoms with van der Waals surface area (Å²) in [6.07, 6.45) is -0.262. The molecule has 0 aliphatic heterocycles. The maximum absolute atomic E-state index is 10.9. The minimum absolute atomic E-state index is 0.262. The monoisotopic (exact) mass is 241 g/mol. The Morgan fingerprint density at radius 1 is 1.43 bits per heavy atom. The molecule has 0 bridgehead atoms. The molecule has 0 aromatic heterocycles. The average Bonchev–Trinajstić information content (AvgIpc) is 1.77. The van der Waals surface area contributed by atoms with Crippen molar-refractivity contribution in [1.82, 2.24) is 4.72 Å². The molecule has 0 saturated carbocycles. The van der Waals surface area contributed by atoms with E-state index in [0.717, 1.165) is 6.92 Å². The van der Waals surface area contributed by atoms with Crippen molar-refractivity contribution in [3.8, 4) is 0 Å². The molecule has 0 unspecified atom stereocenters. The maximum atomic E-state index is 10.9. The van der Waals surface area contributed by atoms with Crippen LogP contribution in [0, 0.1) is 0 Å². The van der Waals surface area contributed by atoms with Gasteiger partial charge in [-0.3, -0.25) is 4.79 Å². The van der Waals surface area contributed by atoms with E-state index < -0.39 is 16.3 Å². The Morgan fingerprint density at radius 3 is 2.29 bits per heavy atom. The zero-order valence-electron chi connectivity index (χ0n) is 7.94. The summed E-state index contributed by atoms with van der Waals surface area (Å²) in [7, 11) is -4.19. The van der Waals surface area contributed by atoms with Gasteiger partial charge in [-0.25, -0.2) is 4.72 Å². The minimum atomic E-state index is -4.19. The summed E-state index contributed by atoms with van der Waals surface area (Å²) in [6, 6.07) is 0. The number of carbonyl (C=O) groups excluding carboxylic acids is 1. The third kappa shape index (κ3) is 6.61. The second-order valence-corrected chi connectivity index (χ2v) is 4.23. The van der Waals surface area contributed by atoms with Gasteiger partial charge in [0.1, 0.15) is 0 Å². The van der Waals surface area contributed by atoms with Crippen LogP contribution < -0.4 is 4.72 Å². The first-order chi connectivity index (χ1) is 6.23. The summed E-state index contributed by atoms with van der Waals surface area (Å²) in [5.74, 6) is -0.954. The predicted molar refractivity (Wildman–Crippen MR) is 52.6 cm³/mol. The third-order valence-corrected chi connectivity index (χ3v) is 2.00. The molecule has 0 rings (SSSR count). The summed E-state index contributed by atoms with van der Waals surface area (Å²) in [4.78, 5) is 10.3. The van der Waals surface area contributed by atoms with E-state index in [-0.39, 0.29) is 11.3 Å². The van der Waals surface area contributed by atoms with E-state index in [4.69, 9.17) is 4.74 Å². The molecule has 6 nitrogen and oxygen atoms in total. The number of carbonyl (C=O) groups is 1. The summed E-state index contributed by atoms with van der Waals surface area (Å²) in [5, 5.41) is -0.360. The zero-order chi connectivity index (χ0) is 11.4. The van der Waals surface area contributed by atoms with Crippen molar-refractivity contribution in [3.63, 3.8) is 0 Å². The van der Waals surface area contributed by atoms with E-state index in [0.29, 0.717) is 0 Å². The van der Waals surface area contributed by atoms with Gasteiger partial charge in [0, 0.05) is 6.92 Å². The molecule has 0 aromatic rings. The van der Waals surface area contributed by atoms with Crippen LogP contribution in [-0.2, 0) is 24.0 Å². The van der Waals surface area contributed by atoms with Crippen molar-refractivity contribution in [2.45, 2.75) is 26.9 Å². The molecule has 0 heterocycles. The van der Waals surface area contributed by atoms with Crippen molar-refractivity contribution in [1.29, 1.82) is 0 Å². The zero-order valence-corrected chi connectivity index (χ0v) is 9.57. The fourth-order valence-electron chi connectivity index (χ4n) is 0.516. The number of nitrogens with one attached hydrogen (secondary N) is 1. The van der Waals surface area contributed by atoms with Crippen LogP contribution in [0.25, 0.3) is 0 Å². The van der Waals surface area contributed by atoms with Gasteiger partial charge < -0.3 is 8.92 Å². The highest BCUT2D eigenvalue weighted by Gasteiger charge is 2.16. The highest BCUT2D eigenvalue weighted by Crippen LogP contribution is 1.94. The summed E-state index contributed by atoms with van der Waals surface area (Å²) >= 11 is 4.53. The van der Waals surface area contributed by atoms with Gasteiger partial charge in [-0.2, -0.15) is 8.42 Å². The fraction of sp³-hybridized carbons (Fsp3) is 0.667. The van der Waals surface area contributed by atoms with Gasteiger partial charge in [0.05, 0.1) is 6.10 Å². The van der Waals surface area contributed by atoms with Gasteiger partial charge in [0.25, 0.3) is 5.17 Å². The van der Waals surface area contributed by atoms with E-state index >= 15 is 0 Å². The lowest BCUT2D eigenvalue weighted by molar-refractivity contribution is -0.131. The Balaban J connectivity index is 4.23. The van der Waals surface area contributed by atoms with Gasteiger partial charge >= 0.3 is 16.3 Å². The molecule has 0 fully saturated rings. The van der Waals surface area contributed by atoms with Gasteiger partial charge in [0.15, 0.2) is 0 Å². The largest absolute Gasteiger partial charge is 0.468 e. The van der Waals surface area contributed by atoms with Crippen molar-refractivity contribution < 1.29 is 22.1 Å². The number of thiocarbonyl (C=S) groups is 1. The average molecular weight is 241 g/mol. The molecular formula is C6H11NO5S2. The lowest BCUT2D eigenvalue weighted by atomic mass is 10.5. The second kappa shape index (κ2) is 5.11. The lowest BCUT2D eigenvalue weighted by Crippen LogP contribution is -2.34. The van der Waals surface area contributed by atoms with E-state index in [1.165, 1.54) is 0 Å². The molecule has 14 heavy (non-hydrogen) atoms. The molecule has 0 aliphatic carbocycles. The molecule has 82 valence electrons. The Labute approximate surface area is 87.8 Å². The molecule has 0 aliphatic rings. The summed E-state index contributed by atoms with van der Waals surface area (Å²) in [5.41, 5.74) is 0. The lowest BCUT2D eigenvalue weighted by Gasteiger charge is -2.11. The van der Waals surface area contributed by atoms with Crippen LogP contribution in [0.5, 0.6) is 0 Å². The smallest absolute Gasteiger partial charge is 0.412 e. The predicted octanol–water partition coefficient (Wildman–Crippen LogP) is 0.0938. The van der Waals surface area contributed by atoms with Crippen molar-refractivity contribution in [2.24, 2.45) is 0 Å². The van der Waals surface area contributed by atoms with Crippen molar-refractivity contribution >= 4 is 33.7 Å². The number of ether oxygens (including phenoxy) is 1. The Hall–Kier alpha value is -0.890.